The smallest absolute Gasteiger partial charge is 0.00631 e. The fourth-order valence-electron chi connectivity index (χ4n) is 2.17. The Labute approximate surface area is 92.3 Å². The van der Waals surface area contributed by atoms with E-state index in [1.54, 1.807) is 0 Å². The van der Waals surface area contributed by atoms with Gasteiger partial charge in [0.1, 0.15) is 0 Å². The van der Waals surface area contributed by atoms with Gasteiger partial charge in [-0.3, -0.25) is 0 Å². The lowest BCUT2D eigenvalue weighted by Crippen LogP contribution is -2.19. The van der Waals surface area contributed by atoms with Gasteiger partial charge >= 0.3 is 0 Å². The first-order chi connectivity index (χ1) is 7.00. The molecule has 0 unspecified atom stereocenters. The van der Waals surface area contributed by atoms with Crippen LogP contribution in [0.15, 0.2) is 30.9 Å². The summed E-state index contributed by atoms with van der Waals surface area (Å²) < 4.78 is 0. The van der Waals surface area contributed by atoms with Crippen molar-refractivity contribution in [2.24, 2.45) is 0 Å². The van der Waals surface area contributed by atoms with Crippen molar-refractivity contribution in [3.05, 3.63) is 47.5 Å². The largest absolute Gasteiger partial charge is 0.0955 e. The van der Waals surface area contributed by atoms with Gasteiger partial charge in [0.2, 0.25) is 0 Å². The van der Waals surface area contributed by atoms with Crippen LogP contribution in [0.25, 0.3) is 11.6 Å². The molecule has 0 heterocycles. The van der Waals surface area contributed by atoms with E-state index in [0.717, 1.165) is 12.0 Å². The highest BCUT2D eigenvalue weighted by molar-refractivity contribution is 5.68. The molecule has 0 aliphatic heterocycles. The molecule has 1 aromatic carbocycles. The minimum atomic E-state index is 0.275. The number of allylic oxidation sites excluding steroid dienone is 2. The van der Waals surface area contributed by atoms with Gasteiger partial charge in [-0.25, -0.2) is 0 Å². The van der Waals surface area contributed by atoms with Crippen molar-refractivity contribution in [1.82, 2.24) is 0 Å². The Morgan fingerprint density at radius 1 is 1.33 bits per heavy atom. The maximum atomic E-state index is 3.99. The molecule has 2 rings (SSSR count). The zero-order valence-corrected chi connectivity index (χ0v) is 9.80. The van der Waals surface area contributed by atoms with Crippen LogP contribution in [-0.4, -0.2) is 0 Å². The van der Waals surface area contributed by atoms with Gasteiger partial charge in [-0.2, -0.15) is 0 Å². The summed E-state index contributed by atoms with van der Waals surface area (Å²) in [5.41, 5.74) is 5.46. The molecule has 78 valence electrons. The molecule has 0 atom stereocenters. The van der Waals surface area contributed by atoms with Crippen LogP contribution in [0.1, 0.15) is 43.9 Å². The van der Waals surface area contributed by atoms with Gasteiger partial charge < -0.3 is 0 Å². The first kappa shape index (κ1) is 10.2. The van der Waals surface area contributed by atoms with E-state index < -0.39 is 0 Å². The van der Waals surface area contributed by atoms with Crippen LogP contribution in [0.2, 0.25) is 0 Å². The zero-order valence-electron chi connectivity index (χ0n) is 9.80. The van der Waals surface area contributed by atoms with Crippen molar-refractivity contribution >= 4 is 11.6 Å². The summed E-state index contributed by atoms with van der Waals surface area (Å²) in [5, 5.41) is 0. The molecule has 0 heteroatoms. The normalized spacial score (nSPS) is 17.3. The van der Waals surface area contributed by atoms with Crippen LogP contribution in [0.4, 0.5) is 0 Å². The maximum absolute atomic E-state index is 3.99. The standard InChI is InChI=1S/C15H18/c1-11(2)12-7-8-14-13(10-12)6-5-9-15(14,3)4/h5-8,10H,1,9H2,2-4H3. The summed E-state index contributed by atoms with van der Waals surface area (Å²) in [4.78, 5) is 0. The summed E-state index contributed by atoms with van der Waals surface area (Å²) in [7, 11) is 0. The SMILES string of the molecule is C=C(C)c1ccc2c(c1)C=CCC2(C)C. The summed E-state index contributed by atoms with van der Waals surface area (Å²) in [6.07, 6.45) is 5.63. The average Bonchev–Trinajstić information content (AvgIpc) is 2.16. The third kappa shape index (κ3) is 1.77. The van der Waals surface area contributed by atoms with E-state index in [4.69, 9.17) is 0 Å². The predicted octanol–water partition coefficient (Wildman–Crippen LogP) is 4.41. The minimum absolute atomic E-state index is 0.275. The van der Waals surface area contributed by atoms with E-state index in [9.17, 15) is 0 Å². The van der Waals surface area contributed by atoms with Crippen LogP contribution in [0.3, 0.4) is 0 Å². The second-order valence-electron chi connectivity index (χ2n) is 5.07. The van der Waals surface area contributed by atoms with Gasteiger partial charge in [-0.15, -0.1) is 0 Å². The number of hydrogen-bond acceptors (Lipinski definition) is 0. The van der Waals surface area contributed by atoms with E-state index in [1.165, 1.54) is 16.7 Å². The van der Waals surface area contributed by atoms with Gasteiger partial charge in [0.05, 0.1) is 0 Å². The molecule has 0 N–H and O–H groups in total. The van der Waals surface area contributed by atoms with Crippen molar-refractivity contribution in [3.8, 4) is 0 Å². The molecule has 0 saturated carbocycles. The molecule has 0 nitrogen and oxygen atoms in total. The summed E-state index contributed by atoms with van der Waals surface area (Å²) >= 11 is 0. The maximum Gasteiger partial charge on any atom is -0.00631 e. The summed E-state index contributed by atoms with van der Waals surface area (Å²) in [6, 6.07) is 6.68. The number of hydrogen-bond donors (Lipinski definition) is 0. The molecule has 15 heavy (non-hydrogen) atoms. The molecular weight excluding hydrogens is 180 g/mol. The number of fused-ring (bicyclic) bond motifs is 1. The lowest BCUT2D eigenvalue weighted by Gasteiger charge is -2.29. The fourth-order valence-corrected chi connectivity index (χ4v) is 2.17. The quantitative estimate of drug-likeness (QED) is 0.627. The Bertz CT molecular complexity index is 433. The van der Waals surface area contributed by atoms with Crippen molar-refractivity contribution in [2.75, 3.05) is 0 Å². The lowest BCUT2D eigenvalue weighted by molar-refractivity contribution is 0.529. The average molecular weight is 198 g/mol. The molecule has 0 radical (unpaired) electrons. The van der Waals surface area contributed by atoms with Crippen molar-refractivity contribution in [1.29, 1.82) is 0 Å². The first-order valence-corrected chi connectivity index (χ1v) is 5.48. The third-order valence-electron chi connectivity index (χ3n) is 3.20. The van der Waals surface area contributed by atoms with E-state index in [-0.39, 0.29) is 5.41 Å². The van der Waals surface area contributed by atoms with Crippen molar-refractivity contribution in [3.63, 3.8) is 0 Å². The van der Waals surface area contributed by atoms with Crippen LogP contribution in [-0.2, 0) is 5.41 Å². The van der Waals surface area contributed by atoms with Gasteiger partial charge in [-0.1, -0.05) is 50.3 Å². The van der Waals surface area contributed by atoms with E-state index in [0.29, 0.717) is 0 Å². The molecule has 1 aliphatic carbocycles. The molecular formula is C15H18. The topological polar surface area (TPSA) is 0 Å². The fraction of sp³-hybridized carbons (Fsp3) is 0.333. The van der Waals surface area contributed by atoms with Gasteiger partial charge in [-0.05, 0) is 41.5 Å². The van der Waals surface area contributed by atoms with Crippen LogP contribution < -0.4 is 0 Å². The second kappa shape index (κ2) is 3.37. The van der Waals surface area contributed by atoms with Gasteiger partial charge in [0.25, 0.3) is 0 Å². The highest BCUT2D eigenvalue weighted by Gasteiger charge is 2.24. The molecule has 0 bridgehead atoms. The molecule has 0 spiro atoms. The monoisotopic (exact) mass is 198 g/mol. The highest BCUT2D eigenvalue weighted by atomic mass is 14.3. The molecule has 0 saturated heterocycles. The van der Waals surface area contributed by atoms with Crippen molar-refractivity contribution in [2.45, 2.75) is 32.6 Å². The van der Waals surface area contributed by atoms with E-state index >= 15 is 0 Å². The highest BCUT2D eigenvalue weighted by Crippen LogP contribution is 2.35. The van der Waals surface area contributed by atoms with E-state index in [1.807, 2.05) is 0 Å². The number of rotatable bonds is 1. The Morgan fingerprint density at radius 3 is 2.73 bits per heavy atom. The summed E-state index contributed by atoms with van der Waals surface area (Å²) in [6.45, 7) is 10.6. The molecule has 1 aliphatic rings. The Hall–Kier alpha value is -1.30. The van der Waals surface area contributed by atoms with Gasteiger partial charge in [0, 0.05) is 0 Å². The lowest BCUT2D eigenvalue weighted by atomic mass is 9.75. The van der Waals surface area contributed by atoms with Crippen LogP contribution >= 0.6 is 0 Å². The molecule has 0 amide bonds. The van der Waals surface area contributed by atoms with Crippen LogP contribution in [0, 0.1) is 0 Å². The minimum Gasteiger partial charge on any atom is -0.0955 e. The first-order valence-electron chi connectivity index (χ1n) is 5.48. The van der Waals surface area contributed by atoms with E-state index in [2.05, 4.69) is 57.7 Å². The Morgan fingerprint density at radius 2 is 2.07 bits per heavy atom. The Balaban J connectivity index is 2.56. The molecule has 1 aromatic rings. The zero-order chi connectivity index (χ0) is 11.1. The van der Waals surface area contributed by atoms with Gasteiger partial charge in [0.15, 0.2) is 0 Å². The number of benzene rings is 1. The third-order valence-corrected chi connectivity index (χ3v) is 3.20. The molecule has 0 fully saturated rings. The van der Waals surface area contributed by atoms with Crippen LogP contribution in [0.5, 0.6) is 0 Å². The second-order valence-corrected chi connectivity index (χ2v) is 5.07. The van der Waals surface area contributed by atoms with Crippen molar-refractivity contribution < 1.29 is 0 Å². The molecule has 0 aromatic heterocycles. The predicted molar refractivity (Wildman–Crippen MR) is 67.8 cm³/mol. The summed E-state index contributed by atoms with van der Waals surface area (Å²) in [5.74, 6) is 0. The Kier molecular flexibility index (Phi) is 2.30.